The Morgan fingerprint density at radius 3 is 2.67 bits per heavy atom. The highest BCUT2D eigenvalue weighted by Gasteiger charge is 2.19. The molecule has 2 heterocycles. The van der Waals surface area contributed by atoms with Gasteiger partial charge in [0.05, 0.1) is 11.7 Å². The van der Waals surface area contributed by atoms with Gasteiger partial charge in [0.15, 0.2) is 0 Å². The average Bonchev–Trinajstić information content (AvgIpc) is 3.00. The number of benzene rings is 1. The number of hydrogen-bond acceptors (Lipinski definition) is 2. The van der Waals surface area contributed by atoms with E-state index in [9.17, 15) is 0 Å². The van der Waals surface area contributed by atoms with Gasteiger partial charge in [0, 0.05) is 16.2 Å². The van der Waals surface area contributed by atoms with Gasteiger partial charge in [-0.1, -0.05) is 28.1 Å². The van der Waals surface area contributed by atoms with Crippen molar-refractivity contribution in [3.8, 4) is 11.3 Å². The van der Waals surface area contributed by atoms with E-state index in [1.807, 2.05) is 18.3 Å². The van der Waals surface area contributed by atoms with Crippen LogP contribution in [0.3, 0.4) is 0 Å². The third-order valence-corrected chi connectivity index (χ3v) is 3.66. The zero-order valence-corrected chi connectivity index (χ0v) is 12.2. The molecule has 18 heavy (non-hydrogen) atoms. The molecule has 5 heteroatoms. The van der Waals surface area contributed by atoms with Crippen molar-refractivity contribution in [3.05, 3.63) is 40.8 Å². The molecule has 0 aliphatic carbocycles. The molecule has 2 aromatic rings. The molecule has 3 nitrogen and oxygen atoms in total. The van der Waals surface area contributed by atoms with E-state index in [1.165, 1.54) is 12.8 Å². The fourth-order valence-corrected chi connectivity index (χ4v) is 2.47. The normalized spacial score (nSPS) is 18.6. The lowest BCUT2D eigenvalue weighted by Crippen LogP contribution is -2.14. The Hall–Kier alpha value is -0.840. The summed E-state index contributed by atoms with van der Waals surface area (Å²) in [5.41, 5.74) is 2.16. The van der Waals surface area contributed by atoms with Crippen LogP contribution < -0.4 is 5.32 Å². The van der Waals surface area contributed by atoms with E-state index >= 15 is 0 Å². The van der Waals surface area contributed by atoms with Crippen LogP contribution in [0.4, 0.5) is 0 Å². The third-order valence-electron chi connectivity index (χ3n) is 3.13. The molecule has 0 spiro atoms. The number of aromatic amines is 1. The highest BCUT2D eigenvalue weighted by Crippen LogP contribution is 2.24. The average molecular weight is 329 g/mol. The summed E-state index contributed by atoms with van der Waals surface area (Å²) in [5, 5.41) is 3.45. The van der Waals surface area contributed by atoms with E-state index in [2.05, 4.69) is 43.3 Å². The summed E-state index contributed by atoms with van der Waals surface area (Å²) in [7, 11) is 0. The van der Waals surface area contributed by atoms with Crippen LogP contribution in [-0.4, -0.2) is 16.5 Å². The summed E-state index contributed by atoms with van der Waals surface area (Å²) in [5.74, 6) is 1.06. The van der Waals surface area contributed by atoms with Gasteiger partial charge in [-0.05, 0) is 31.5 Å². The van der Waals surface area contributed by atoms with Gasteiger partial charge in [-0.3, -0.25) is 0 Å². The topological polar surface area (TPSA) is 40.7 Å². The molecule has 1 aromatic carbocycles. The summed E-state index contributed by atoms with van der Waals surface area (Å²) in [6.45, 7) is 1.10. The van der Waals surface area contributed by atoms with Gasteiger partial charge < -0.3 is 10.3 Å². The van der Waals surface area contributed by atoms with Crippen molar-refractivity contribution in [2.45, 2.75) is 18.9 Å². The van der Waals surface area contributed by atoms with Gasteiger partial charge >= 0.3 is 0 Å². The number of imidazole rings is 1. The maximum Gasteiger partial charge on any atom is 0.124 e. The lowest BCUT2D eigenvalue weighted by atomic mass is 10.2. The number of halogens is 2. The van der Waals surface area contributed by atoms with Gasteiger partial charge in [-0.25, -0.2) is 4.98 Å². The zero-order valence-electron chi connectivity index (χ0n) is 9.82. The van der Waals surface area contributed by atoms with Crippen molar-refractivity contribution < 1.29 is 0 Å². The number of aromatic nitrogens is 2. The molecular formula is C13H15BrClN3. The van der Waals surface area contributed by atoms with Gasteiger partial charge in [0.2, 0.25) is 0 Å². The smallest absolute Gasteiger partial charge is 0.124 e. The molecule has 1 unspecified atom stereocenters. The van der Waals surface area contributed by atoms with Crippen LogP contribution in [0.25, 0.3) is 11.3 Å². The first-order chi connectivity index (χ1) is 8.33. The summed E-state index contributed by atoms with van der Waals surface area (Å²) >= 11 is 3.44. The zero-order chi connectivity index (χ0) is 11.7. The summed E-state index contributed by atoms with van der Waals surface area (Å²) < 4.78 is 1.09. The lowest BCUT2D eigenvalue weighted by molar-refractivity contribution is 0.613. The molecule has 1 aliphatic heterocycles. The molecule has 1 aromatic heterocycles. The van der Waals surface area contributed by atoms with Gasteiger partial charge in [-0.15, -0.1) is 12.4 Å². The molecule has 1 saturated heterocycles. The minimum absolute atomic E-state index is 0. The SMILES string of the molecule is Brc1ccc(-c2c[nH]c(C3CCCN3)n2)cc1.Cl. The predicted octanol–water partition coefficient (Wildman–Crippen LogP) is 3.69. The van der Waals surface area contributed by atoms with Gasteiger partial charge in [0.25, 0.3) is 0 Å². The Kier molecular flexibility index (Phi) is 4.43. The highest BCUT2D eigenvalue weighted by atomic mass is 79.9. The largest absolute Gasteiger partial charge is 0.347 e. The van der Waals surface area contributed by atoms with Crippen molar-refractivity contribution in [1.29, 1.82) is 0 Å². The lowest BCUT2D eigenvalue weighted by Gasteiger charge is -2.04. The molecule has 0 bridgehead atoms. The van der Waals surface area contributed by atoms with Crippen LogP contribution in [0.15, 0.2) is 34.9 Å². The number of rotatable bonds is 2. The van der Waals surface area contributed by atoms with Crippen LogP contribution >= 0.6 is 28.3 Å². The third kappa shape index (κ3) is 2.76. The molecular weight excluding hydrogens is 314 g/mol. The molecule has 2 N–H and O–H groups in total. The molecule has 1 aliphatic rings. The number of nitrogens with one attached hydrogen (secondary N) is 2. The molecule has 0 amide bonds. The minimum Gasteiger partial charge on any atom is -0.347 e. The second-order valence-electron chi connectivity index (χ2n) is 4.33. The van der Waals surface area contributed by atoms with E-state index in [0.717, 1.165) is 28.1 Å². The minimum atomic E-state index is 0. The van der Waals surface area contributed by atoms with Gasteiger partial charge in [-0.2, -0.15) is 0 Å². The first-order valence-corrected chi connectivity index (χ1v) is 6.67. The number of nitrogens with zero attached hydrogens (tertiary/aromatic N) is 1. The van der Waals surface area contributed by atoms with Crippen LogP contribution in [0.2, 0.25) is 0 Å². The molecule has 0 saturated carbocycles. The maximum absolute atomic E-state index is 4.66. The molecule has 96 valence electrons. The second-order valence-corrected chi connectivity index (χ2v) is 5.24. The van der Waals surface area contributed by atoms with E-state index in [4.69, 9.17) is 0 Å². The predicted molar refractivity (Wildman–Crippen MR) is 78.9 cm³/mol. The van der Waals surface area contributed by atoms with E-state index in [-0.39, 0.29) is 12.4 Å². The maximum atomic E-state index is 4.66. The van der Waals surface area contributed by atoms with Gasteiger partial charge in [0.1, 0.15) is 5.82 Å². The van der Waals surface area contributed by atoms with Crippen molar-refractivity contribution in [2.75, 3.05) is 6.54 Å². The highest BCUT2D eigenvalue weighted by molar-refractivity contribution is 9.10. The number of H-pyrrole nitrogens is 1. The van der Waals surface area contributed by atoms with Crippen LogP contribution in [-0.2, 0) is 0 Å². The van der Waals surface area contributed by atoms with E-state index in [1.54, 1.807) is 0 Å². The summed E-state index contributed by atoms with van der Waals surface area (Å²) in [4.78, 5) is 7.93. The quantitative estimate of drug-likeness (QED) is 0.883. The standard InChI is InChI=1S/C13H14BrN3.ClH/c14-10-5-3-9(4-6-10)12-8-16-13(17-12)11-2-1-7-15-11;/h3-6,8,11,15H,1-2,7H2,(H,16,17);1H. The first-order valence-electron chi connectivity index (χ1n) is 5.87. The second kappa shape index (κ2) is 5.87. The van der Waals surface area contributed by atoms with E-state index < -0.39 is 0 Å². The van der Waals surface area contributed by atoms with E-state index in [0.29, 0.717) is 6.04 Å². The monoisotopic (exact) mass is 327 g/mol. The van der Waals surface area contributed by atoms with Crippen LogP contribution in [0.5, 0.6) is 0 Å². The molecule has 1 fully saturated rings. The van der Waals surface area contributed by atoms with Crippen LogP contribution in [0, 0.1) is 0 Å². The fourth-order valence-electron chi connectivity index (χ4n) is 2.20. The Labute approximate surface area is 121 Å². The van der Waals surface area contributed by atoms with Crippen LogP contribution in [0.1, 0.15) is 24.7 Å². The van der Waals surface area contributed by atoms with Crippen molar-refractivity contribution in [1.82, 2.24) is 15.3 Å². The molecule has 0 radical (unpaired) electrons. The summed E-state index contributed by atoms with van der Waals surface area (Å²) in [6, 6.07) is 8.63. The Morgan fingerprint density at radius 2 is 2.00 bits per heavy atom. The van der Waals surface area contributed by atoms with Crippen molar-refractivity contribution in [3.63, 3.8) is 0 Å². The van der Waals surface area contributed by atoms with Crippen molar-refractivity contribution in [2.24, 2.45) is 0 Å². The Balaban J connectivity index is 0.00000120. The Bertz CT molecular complexity index is 503. The fraction of sp³-hybridized carbons (Fsp3) is 0.308. The Morgan fingerprint density at radius 1 is 1.22 bits per heavy atom. The van der Waals surface area contributed by atoms with Crippen molar-refractivity contribution >= 4 is 28.3 Å². The molecule has 1 atom stereocenters. The first kappa shape index (κ1) is 13.6. The number of hydrogen-bond donors (Lipinski definition) is 2. The summed E-state index contributed by atoms with van der Waals surface area (Å²) in [6.07, 6.45) is 4.39. The molecule has 3 rings (SSSR count).